The fraction of sp³-hybridized carbons (Fsp3) is 0.118. The lowest BCUT2D eigenvalue weighted by Crippen LogP contribution is -2.30. The third kappa shape index (κ3) is 4.15. The van der Waals surface area contributed by atoms with Crippen molar-refractivity contribution in [1.29, 1.82) is 0 Å². The molecule has 1 N–H and O–H groups in total. The number of hydrogen-bond acceptors (Lipinski definition) is 2. The Bertz CT molecular complexity index is 666. The van der Waals surface area contributed by atoms with E-state index in [-0.39, 0.29) is 30.4 Å². The number of carbonyl (C=O) groups excluding carboxylic acids is 1. The summed E-state index contributed by atoms with van der Waals surface area (Å²) in [6.45, 7) is 3.48. The lowest BCUT2D eigenvalue weighted by Gasteiger charge is -2.23. The Hall–Kier alpha value is -2.69. The maximum atomic E-state index is 13.0. The van der Waals surface area contributed by atoms with Crippen molar-refractivity contribution in [3.8, 4) is 0 Å². The second-order valence-corrected chi connectivity index (χ2v) is 4.83. The number of anilines is 1. The van der Waals surface area contributed by atoms with Gasteiger partial charge >= 0.3 is 0 Å². The molecule has 5 heteroatoms. The molecule has 0 spiro atoms. The standard InChI is InChI=1S/C17H15F2NO2/c1-12(21)10-17(22)20(16-8-6-15(19)7-9-16)11-13-2-4-14(18)5-3-13/h2-9,21H,1,10-11H2. The first kappa shape index (κ1) is 15.7. The van der Waals surface area contributed by atoms with Crippen LogP contribution in [0.1, 0.15) is 12.0 Å². The summed E-state index contributed by atoms with van der Waals surface area (Å²) in [4.78, 5) is 13.6. The molecule has 2 aromatic rings. The highest BCUT2D eigenvalue weighted by Gasteiger charge is 2.17. The van der Waals surface area contributed by atoms with E-state index in [0.29, 0.717) is 11.3 Å². The predicted octanol–water partition coefficient (Wildman–Crippen LogP) is 3.96. The summed E-state index contributed by atoms with van der Waals surface area (Å²) in [7, 11) is 0. The molecule has 2 rings (SSSR count). The zero-order valence-corrected chi connectivity index (χ0v) is 11.8. The summed E-state index contributed by atoms with van der Waals surface area (Å²) in [6, 6.07) is 11.1. The minimum Gasteiger partial charge on any atom is -0.512 e. The van der Waals surface area contributed by atoms with Crippen molar-refractivity contribution in [2.75, 3.05) is 4.90 Å². The van der Waals surface area contributed by atoms with E-state index >= 15 is 0 Å². The van der Waals surface area contributed by atoms with Crippen LogP contribution in [0.25, 0.3) is 0 Å². The quantitative estimate of drug-likeness (QED) is 0.849. The molecular formula is C17H15F2NO2. The molecule has 0 aliphatic carbocycles. The lowest BCUT2D eigenvalue weighted by molar-refractivity contribution is -0.118. The molecule has 2 aromatic carbocycles. The summed E-state index contributed by atoms with van der Waals surface area (Å²) in [5, 5.41) is 9.21. The largest absolute Gasteiger partial charge is 0.512 e. The normalized spacial score (nSPS) is 10.3. The Morgan fingerprint density at radius 2 is 1.50 bits per heavy atom. The molecule has 0 atom stereocenters. The van der Waals surface area contributed by atoms with E-state index in [1.807, 2.05) is 0 Å². The fourth-order valence-corrected chi connectivity index (χ4v) is 1.99. The molecule has 0 saturated heterocycles. The monoisotopic (exact) mass is 303 g/mol. The molecule has 0 unspecified atom stereocenters. The number of nitrogens with zero attached hydrogens (tertiary/aromatic N) is 1. The Balaban J connectivity index is 2.28. The minimum absolute atomic E-state index is 0.179. The molecule has 114 valence electrons. The molecular weight excluding hydrogens is 288 g/mol. The Morgan fingerprint density at radius 3 is 2.00 bits per heavy atom. The van der Waals surface area contributed by atoms with Gasteiger partial charge in [0.2, 0.25) is 5.91 Å². The molecule has 22 heavy (non-hydrogen) atoms. The molecule has 0 bridgehead atoms. The maximum absolute atomic E-state index is 13.0. The number of halogens is 2. The first-order chi connectivity index (χ1) is 10.5. The second kappa shape index (κ2) is 6.85. The Kier molecular flexibility index (Phi) is 4.88. The summed E-state index contributed by atoms with van der Waals surface area (Å²) < 4.78 is 26.0. The number of rotatable bonds is 5. The summed E-state index contributed by atoms with van der Waals surface area (Å²) >= 11 is 0. The topological polar surface area (TPSA) is 40.5 Å². The Morgan fingerprint density at radius 1 is 1.00 bits per heavy atom. The van der Waals surface area contributed by atoms with E-state index in [0.717, 1.165) is 0 Å². The summed E-state index contributed by atoms with van der Waals surface area (Å²) in [6.07, 6.45) is -0.238. The highest BCUT2D eigenvalue weighted by molar-refractivity contribution is 5.94. The highest BCUT2D eigenvalue weighted by atomic mass is 19.1. The first-order valence-corrected chi connectivity index (χ1v) is 6.63. The van der Waals surface area contributed by atoms with Crippen LogP contribution in [-0.2, 0) is 11.3 Å². The van der Waals surface area contributed by atoms with Crippen LogP contribution in [0.4, 0.5) is 14.5 Å². The summed E-state index contributed by atoms with van der Waals surface area (Å²) in [5.74, 6) is -1.42. The van der Waals surface area contributed by atoms with Crippen LogP contribution in [0.15, 0.2) is 60.9 Å². The minimum atomic E-state index is -0.413. The van der Waals surface area contributed by atoms with Gasteiger partial charge in [0, 0.05) is 5.69 Å². The van der Waals surface area contributed by atoms with Crippen molar-refractivity contribution < 1.29 is 18.7 Å². The van der Waals surface area contributed by atoms with E-state index in [2.05, 4.69) is 6.58 Å². The van der Waals surface area contributed by atoms with Gasteiger partial charge in [-0.3, -0.25) is 4.79 Å². The number of amides is 1. The number of hydrogen-bond donors (Lipinski definition) is 1. The number of aliphatic hydroxyl groups is 1. The molecule has 0 aliphatic rings. The first-order valence-electron chi connectivity index (χ1n) is 6.63. The van der Waals surface area contributed by atoms with Crippen molar-refractivity contribution >= 4 is 11.6 Å². The van der Waals surface area contributed by atoms with Crippen LogP contribution in [0.5, 0.6) is 0 Å². The molecule has 0 heterocycles. The van der Waals surface area contributed by atoms with Crippen molar-refractivity contribution in [2.45, 2.75) is 13.0 Å². The van der Waals surface area contributed by atoms with Gasteiger partial charge in [-0.1, -0.05) is 18.7 Å². The summed E-state index contributed by atoms with van der Waals surface area (Å²) in [5.41, 5.74) is 1.19. The van der Waals surface area contributed by atoms with Gasteiger partial charge in [0.15, 0.2) is 0 Å². The van der Waals surface area contributed by atoms with Crippen molar-refractivity contribution in [3.05, 3.63) is 78.1 Å². The molecule has 0 aromatic heterocycles. The zero-order chi connectivity index (χ0) is 16.1. The van der Waals surface area contributed by atoms with Crippen LogP contribution in [0, 0.1) is 11.6 Å². The van der Waals surface area contributed by atoms with Crippen LogP contribution in [0.2, 0.25) is 0 Å². The third-order valence-electron chi connectivity index (χ3n) is 3.05. The molecule has 0 radical (unpaired) electrons. The SMILES string of the molecule is C=C(O)CC(=O)N(Cc1ccc(F)cc1)c1ccc(F)cc1. The zero-order valence-electron chi connectivity index (χ0n) is 11.8. The number of aliphatic hydroxyl groups excluding tert-OH is 1. The number of benzene rings is 2. The van der Waals surface area contributed by atoms with Gasteiger partial charge in [-0.15, -0.1) is 0 Å². The lowest BCUT2D eigenvalue weighted by atomic mass is 10.1. The van der Waals surface area contributed by atoms with Crippen molar-refractivity contribution in [3.63, 3.8) is 0 Å². The predicted molar refractivity (Wildman–Crippen MR) is 80.4 cm³/mol. The van der Waals surface area contributed by atoms with E-state index in [1.54, 1.807) is 12.1 Å². The van der Waals surface area contributed by atoms with Crippen molar-refractivity contribution in [1.82, 2.24) is 0 Å². The third-order valence-corrected chi connectivity index (χ3v) is 3.05. The number of carbonyl (C=O) groups is 1. The fourth-order valence-electron chi connectivity index (χ4n) is 1.99. The van der Waals surface area contributed by atoms with Crippen molar-refractivity contribution in [2.24, 2.45) is 0 Å². The Labute approximate surface area is 127 Å². The van der Waals surface area contributed by atoms with E-state index in [4.69, 9.17) is 0 Å². The molecule has 3 nitrogen and oxygen atoms in total. The molecule has 0 aliphatic heterocycles. The highest BCUT2D eigenvalue weighted by Crippen LogP contribution is 2.20. The van der Waals surface area contributed by atoms with Gasteiger partial charge in [0.25, 0.3) is 0 Å². The van der Waals surface area contributed by atoms with Crippen LogP contribution in [0.3, 0.4) is 0 Å². The van der Waals surface area contributed by atoms with E-state index < -0.39 is 5.82 Å². The van der Waals surface area contributed by atoms with E-state index in [9.17, 15) is 18.7 Å². The van der Waals surface area contributed by atoms with Crippen LogP contribution < -0.4 is 4.90 Å². The average Bonchev–Trinajstić information content (AvgIpc) is 2.47. The van der Waals surface area contributed by atoms with E-state index in [1.165, 1.54) is 41.3 Å². The van der Waals surface area contributed by atoms with Gasteiger partial charge < -0.3 is 10.0 Å². The van der Waals surface area contributed by atoms with Gasteiger partial charge in [0.05, 0.1) is 18.7 Å². The van der Waals surface area contributed by atoms with Gasteiger partial charge in [-0.25, -0.2) is 8.78 Å². The van der Waals surface area contributed by atoms with Gasteiger partial charge in [-0.05, 0) is 42.0 Å². The molecule has 0 saturated carbocycles. The van der Waals surface area contributed by atoms with Crippen LogP contribution >= 0.6 is 0 Å². The van der Waals surface area contributed by atoms with Crippen LogP contribution in [-0.4, -0.2) is 11.0 Å². The smallest absolute Gasteiger partial charge is 0.234 e. The maximum Gasteiger partial charge on any atom is 0.234 e. The average molecular weight is 303 g/mol. The second-order valence-electron chi connectivity index (χ2n) is 4.83. The molecule has 1 amide bonds. The van der Waals surface area contributed by atoms with Gasteiger partial charge in [-0.2, -0.15) is 0 Å². The van der Waals surface area contributed by atoms with Gasteiger partial charge in [0.1, 0.15) is 11.6 Å². The molecule has 0 fully saturated rings.